The molecule has 0 unspecified atom stereocenters. The van der Waals surface area contributed by atoms with Gasteiger partial charge >= 0.3 is 0 Å². The fourth-order valence-electron chi connectivity index (χ4n) is 1.94. The van der Waals surface area contributed by atoms with Crippen LogP contribution in [0.5, 0.6) is 5.75 Å². The maximum atomic E-state index is 12.2. The van der Waals surface area contributed by atoms with E-state index in [1.54, 1.807) is 11.9 Å². The zero-order chi connectivity index (χ0) is 14.4. The van der Waals surface area contributed by atoms with Crippen molar-refractivity contribution in [1.82, 2.24) is 10.2 Å². The van der Waals surface area contributed by atoms with Crippen LogP contribution < -0.4 is 10.1 Å². The fraction of sp³-hybridized carbons (Fsp3) is 0.600. The van der Waals surface area contributed by atoms with Gasteiger partial charge < -0.3 is 10.1 Å². The van der Waals surface area contributed by atoms with Gasteiger partial charge in [0.05, 0.1) is 6.54 Å². The summed E-state index contributed by atoms with van der Waals surface area (Å²) in [5.74, 6) is 0.797. The highest BCUT2D eigenvalue weighted by molar-refractivity contribution is 5.28. The lowest BCUT2D eigenvalue weighted by Crippen LogP contribution is -2.28. The third kappa shape index (κ3) is 5.84. The average molecular weight is 284 g/mol. The van der Waals surface area contributed by atoms with E-state index >= 15 is 0 Å². The van der Waals surface area contributed by atoms with E-state index in [9.17, 15) is 8.78 Å². The van der Waals surface area contributed by atoms with E-state index in [1.165, 1.54) is 18.4 Å². The van der Waals surface area contributed by atoms with Gasteiger partial charge in [-0.1, -0.05) is 12.1 Å². The molecule has 0 heterocycles. The lowest BCUT2D eigenvalue weighted by atomic mass is 10.2. The third-order valence-electron chi connectivity index (χ3n) is 3.26. The summed E-state index contributed by atoms with van der Waals surface area (Å²) in [5.41, 5.74) is 1.19. The standard InChI is InChI=1S/C15H22F2N2O/c1-19(11-15(16)17)7-8-20-14-4-2-3-12(9-14)10-18-13-5-6-13/h2-4,9,13,15,18H,5-8,10-11H2,1H3. The Hall–Kier alpha value is -1.20. The highest BCUT2D eigenvalue weighted by Crippen LogP contribution is 2.20. The Morgan fingerprint density at radius 3 is 2.90 bits per heavy atom. The van der Waals surface area contributed by atoms with Crippen LogP contribution >= 0.6 is 0 Å². The summed E-state index contributed by atoms with van der Waals surface area (Å²) in [4.78, 5) is 1.57. The van der Waals surface area contributed by atoms with Crippen LogP contribution in [0, 0.1) is 0 Å². The van der Waals surface area contributed by atoms with E-state index in [0.717, 1.165) is 12.3 Å². The Bertz CT molecular complexity index is 411. The molecular formula is C15H22F2N2O. The molecule has 5 heteroatoms. The van der Waals surface area contributed by atoms with Gasteiger partial charge in [0.2, 0.25) is 0 Å². The summed E-state index contributed by atoms with van der Waals surface area (Å²) >= 11 is 0. The second-order valence-electron chi connectivity index (χ2n) is 5.30. The van der Waals surface area contributed by atoms with E-state index in [0.29, 0.717) is 19.2 Å². The number of likely N-dealkylation sites (N-methyl/N-ethyl adjacent to an activating group) is 1. The number of nitrogens with one attached hydrogen (secondary N) is 1. The third-order valence-corrected chi connectivity index (χ3v) is 3.26. The Kier molecular flexibility index (Phi) is 5.73. The molecule has 112 valence electrons. The summed E-state index contributed by atoms with van der Waals surface area (Å²) in [6.45, 7) is 1.56. The molecule has 1 aliphatic rings. The number of nitrogens with zero attached hydrogens (tertiary/aromatic N) is 1. The van der Waals surface area contributed by atoms with Crippen molar-refractivity contribution < 1.29 is 13.5 Å². The van der Waals surface area contributed by atoms with E-state index in [-0.39, 0.29) is 6.54 Å². The van der Waals surface area contributed by atoms with E-state index in [4.69, 9.17) is 4.74 Å². The first kappa shape index (κ1) is 15.2. The van der Waals surface area contributed by atoms with Crippen molar-refractivity contribution in [3.05, 3.63) is 29.8 Å². The van der Waals surface area contributed by atoms with Crippen molar-refractivity contribution in [3.8, 4) is 5.75 Å². The minimum atomic E-state index is -2.29. The normalized spacial score (nSPS) is 15.1. The van der Waals surface area contributed by atoms with Gasteiger partial charge in [0.15, 0.2) is 0 Å². The number of rotatable bonds is 9. The fourth-order valence-corrected chi connectivity index (χ4v) is 1.94. The monoisotopic (exact) mass is 284 g/mol. The molecule has 0 radical (unpaired) electrons. The molecule has 0 amide bonds. The van der Waals surface area contributed by atoms with Crippen LogP contribution in [0.4, 0.5) is 8.78 Å². The zero-order valence-corrected chi connectivity index (χ0v) is 11.8. The minimum Gasteiger partial charge on any atom is -0.492 e. The Balaban J connectivity index is 1.70. The Morgan fingerprint density at radius 2 is 2.20 bits per heavy atom. The number of ether oxygens (including phenoxy) is 1. The molecular weight excluding hydrogens is 262 g/mol. The Labute approximate surface area is 118 Å². The number of hydrogen-bond donors (Lipinski definition) is 1. The van der Waals surface area contributed by atoms with Crippen molar-refractivity contribution in [2.75, 3.05) is 26.7 Å². The van der Waals surface area contributed by atoms with Gasteiger partial charge in [-0.3, -0.25) is 4.90 Å². The predicted octanol–water partition coefficient (Wildman–Crippen LogP) is 2.51. The summed E-state index contributed by atoms with van der Waals surface area (Å²) in [6.07, 6.45) is 0.246. The molecule has 2 rings (SSSR count). The van der Waals surface area contributed by atoms with Crippen molar-refractivity contribution in [2.45, 2.75) is 31.9 Å². The van der Waals surface area contributed by atoms with Crippen molar-refractivity contribution in [1.29, 1.82) is 0 Å². The van der Waals surface area contributed by atoms with Crippen LogP contribution in [0.25, 0.3) is 0 Å². The SMILES string of the molecule is CN(CCOc1cccc(CNC2CC2)c1)CC(F)F. The number of halogens is 2. The minimum absolute atomic E-state index is 0.214. The quantitative estimate of drug-likeness (QED) is 0.754. The van der Waals surface area contributed by atoms with Crippen LogP contribution in [-0.2, 0) is 6.54 Å². The largest absolute Gasteiger partial charge is 0.492 e. The van der Waals surface area contributed by atoms with Crippen LogP contribution in [0.15, 0.2) is 24.3 Å². The van der Waals surface area contributed by atoms with Crippen molar-refractivity contribution in [3.63, 3.8) is 0 Å². The van der Waals surface area contributed by atoms with E-state index < -0.39 is 6.43 Å². The van der Waals surface area contributed by atoms with Gasteiger partial charge in [-0.2, -0.15) is 0 Å². The lowest BCUT2D eigenvalue weighted by Gasteiger charge is -2.16. The number of hydrogen-bond acceptors (Lipinski definition) is 3. The molecule has 3 nitrogen and oxygen atoms in total. The zero-order valence-electron chi connectivity index (χ0n) is 11.8. The molecule has 1 aliphatic carbocycles. The van der Waals surface area contributed by atoms with Crippen LogP contribution in [0.2, 0.25) is 0 Å². The molecule has 20 heavy (non-hydrogen) atoms. The number of benzene rings is 1. The summed E-state index contributed by atoms with van der Waals surface area (Å²) in [6, 6.07) is 8.60. The van der Waals surface area contributed by atoms with Gasteiger partial charge in [0.25, 0.3) is 6.43 Å². The molecule has 0 atom stereocenters. The van der Waals surface area contributed by atoms with Gasteiger partial charge in [0, 0.05) is 19.1 Å². The van der Waals surface area contributed by atoms with Gasteiger partial charge in [0.1, 0.15) is 12.4 Å². The highest BCUT2D eigenvalue weighted by atomic mass is 19.3. The van der Waals surface area contributed by atoms with Crippen LogP contribution in [0.3, 0.4) is 0 Å². The smallest absolute Gasteiger partial charge is 0.251 e. The average Bonchev–Trinajstić information content (AvgIpc) is 3.20. The maximum absolute atomic E-state index is 12.2. The second kappa shape index (κ2) is 7.55. The summed E-state index contributed by atoms with van der Waals surface area (Å²) < 4.78 is 29.9. The van der Waals surface area contributed by atoms with Crippen LogP contribution in [0.1, 0.15) is 18.4 Å². The first-order valence-corrected chi connectivity index (χ1v) is 7.05. The molecule has 1 fully saturated rings. The summed E-state index contributed by atoms with van der Waals surface area (Å²) in [5, 5.41) is 3.45. The van der Waals surface area contributed by atoms with Crippen molar-refractivity contribution >= 4 is 0 Å². The van der Waals surface area contributed by atoms with Gasteiger partial charge in [-0.05, 0) is 37.6 Å². The lowest BCUT2D eigenvalue weighted by molar-refractivity contribution is 0.0935. The molecule has 0 aliphatic heterocycles. The predicted molar refractivity (Wildman–Crippen MR) is 75.3 cm³/mol. The Morgan fingerprint density at radius 1 is 1.40 bits per heavy atom. The molecule has 1 N–H and O–H groups in total. The van der Waals surface area contributed by atoms with E-state index in [2.05, 4.69) is 11.4 Å². The van der Waals surface area contributed by atoms with Crippen LogP contribution in [-0.4, -0.2) is 44.1 Å². The molecule has 0 spiro atoms. The highest BCUT2D eigenvalue weighted by Gasteiger charge is 2.19. The number of alkyl halides is 2. The molecule has 1 aromatic rings. The second-order valence-corrected chi connectivity index (χ2v) is 5.30. The van der Waals surface area contributed by atoms with Crippen molar-refractivity contribution in [2.24, 2.45) is 0 Å². The molecule has 1 aromatic carbocycles. The first-order chi connectivity index (χ1) is 9.63. The molecule has 1 saturated carbocycles. The van der Waals surface area contributed by atoms with Gasteiger partial charge in [-0.25, -0.2) is 8.78 Å². The topological polar surface area (TPSA) is 24.5 Å². The summed E-state index contributed by atoms with van der Waals surface area (Å²) in [7, 11) is 1.67. The first-order valence-electron chi connectivity index (χ1n) is 7.05. The van der Waals surface area contributed by atoms with Gasteiger partial charge in [-0.15, -0.1) is 0 Å². The maximum Gasteiger partial charge on any atom is 0.251 e. The molecule has 0 bridgehead atoms. The molecule has 0 aromatic heterocycles. The van der Waals surface area contributed by atoms with E-state index in [1.807, 2.05) is 18.2 Å². The molecule has 0 saturated heterocycles.